The van der Waals surface area contributed by atoms with Crippen LogP contribution in [-0.2, 0) is 20.1 Å². The maximum Gasteiger partial charge on any atom is 0.324 e. The molecule has 1 aromatic carbocycles. The highest BCUT2D eigenvalue weighted by molar-refractivity contribution is 7.99. The van der Waals surface area contributed by atoms with Gasteiger partial charge in [0.15, 0.2) is 6.10 Å². The molecule has 0 saturated carbocycles. The Hall–Kier alpha value is -2.02. The number of imide groups is 1. The minimum absolute atomic E-state index is 0.164. The molecule has 1 heterocycles. The zero-order valence-corrected chi connectivity index (χ0v) is 14.0. The van der Waals surface area contributed by atoms with Crippen LogP contribution in [0.1, 0.15) is 18.1 Å². The van der Waals surface area contributed by atoms with E-state index in [1.165, 1.54) is 24.2 Å². The SMILES string of the molecule is Cc1ccc(CSCC(=O)O[C@H](C)C(=O)N2CCNC2=O)cc1. The molecule has 0 bridgehead atoms. The van der Waals surface area contributed by atoms with Gasteiger partial charge in [0.05, 0.1) is 5.75 Å². The zero-order chi connectivity index (χ0) is 16.8. The van der Waals surface area contributed by atoms with Gasteiger partial charge in [0.25, 0.3) is 5.91 Å². The quantitative estimate of drug-likeness (QED) is 0.801. The molecule has 0 spiro atoms. The van der Waals surface area contributed by atoms with Gasteiger partial charge >= 0.3 is 12.0 Å². The van der Waals surface area contributed by atoms with E-state index in [0.29, 0.717) is 18.8 Å². The number of thioether (sulfide) groups is 1. The van der Waals surface area contributed by atoms with Crippen LogP contribution in [0.3, 0.4) is 0 Å². The Morgan fingerprint density at radius 2 is 2.04 bits per heavy atom. The minimum Gasteiger partial charge on any atom is -0.452 e. The fourth-order valence-corrected chi connectivity index (χ4v) is 2.88. The van der Waals surface area contributed by atoms with E-state index in [1.807, 2.05) is 31.2 Å². The van der Waals surface area contributed by atoms with Crippen LogP contribution in [0.4, 0.5) is 4.79 Å². The second kappa shape index (κ2) is 8.01. The maximum atomic E-state index is 12.0. The highest BCUT2D eigenvalue weighted by Gasteiger charge is 2.31. The van der Waals surface area contributed by atoms with Crippen molar-refractivity contribution in [3.63, 3.8) is 0 Å². The summed E-state index contributed by atoms with van der Waals surface area (Å²) >= 11 is 1.43. The maximum absolute atomic E-state index is 12.0. The topological polar surface area (TPSA) is 75.7 Å². The molecule has 1 aliphatic rings. The summed E-state index contributed by atoms with van der Waals surface area (Å²) in [5.41, 5.74) is 2.32. The third-order valence-corrected chi connectivity index (χ3v) is 4.37. The van der Waals surface area contributed by atoms with E-state index in [4.69, 9.17) is 4.74 Å². The van der Waals surface area contributed by atoms with Gasteiger partial charge in [0, 0.05) is 18.8 Å². The molecule has 1 aromatic rings. The van der Waals surface area contributed by atoms with Gasteiger partial charge in [-0.05, 0) is 19.4 Å². The van der Waals surface area contributed by atoms with Crippen LogP contribution in [0.2, 0.25) is 0 Å². The van der Waals surface area contributed by atoms with Gasteiger partial charge in [-0.25, -0.2) is 4.79 Å². The van der Waals surface area contributed by atoms with E-state index in [2.05, 4.69) is 5.32 Å². The molecule has 23 heavy (non-hydrogen) atoms. The summed E-state index contributed by atoms with van der Waals surface area (Å²) in [5, 5.41) is 2.54. The molecule has 0 aromatic heterocycles. The van der Waals surface area contributed by atoms with Gasteiger partial charge in [-0.1, -0.05) is 29.8 Å². The lowest BCUT2D eigenvalue weighted by Crippen LogP contribution is -2.42. The van der Waals surface area contributed by atoms with Crippen LogP contribution in [-0.4, -0.2) is 47.8 Å². The number of hydrogen-bond acceptors (Lipinski definition) is 5. The predicted octanol–water partition coefficient (Wildman–Crippen LogP) is 1.71. The monoisotopic (exact) mass is 336 g/mol. The fourth-order valence-electron chi connectivity index (χ4n) is 2.12. The second-order valence-electron chi connectivity index (χ2n) is 5.33. The number of aryl methyl sites for hydroxylation is 1. The number of ether oxygens (including phenoxy) is 1. The molecule has 1 aliphatic heterocycles. The molecule has 1 saturated heterocycles. The van der Waals surface area contributed by atoms with Gasteiger partial charge in [-0.3, -0.25) is 14.5 Å². The van der Waals surface area contributed by atoms with Crippen molar-refractivity contribution in [2.24, 2.45) is 0 Å². The van der Waals surface area contributed by atoms with E-state index in [1.54, 1.807) is 0 Å². The minimum atomic E-state index is -0.952. The Labute approximate surface area is 139 Å². The van der Waals surface area contributed by atoms with Gasteiger partial charge in [-0.2, -0.15) is 0 Å². The Bertz CT molecular complexity index is 588. The summed E-state index contributed by atoms with van der Waals surface area (Å²) in [6.45, 7) is 4.24. The highest BCUT2D eigenvalue weighted by Crippen LogP contribution is 2.14. The van der Waals surface area contributed by atoms with E-state index in [9.17, 15) is 14.4 Å². The van der Waals surface area contributed by atoms with E-state index < -0.39 is 24.0 Å². The number of benzene rings is 1. The number of carbonyl (C=O) groups is 3. The average molecular weight is 336 g/mol. The van der Waals surface area contributed by atoms with Crippen molar-refractivity contribution in [3.05, 3.63) is 35.4 Å². The molecular weight excluding hydrogens is 316 g/mol. The molecular formula is C16H20N2O4S. The molecule has 3 amide bonds. The summed E-state index contributed by atoms with van der Waals surface area (Å²) in [4.78, 5) is 36.3. The van der Waals surface area contributed by atoms with Crippen molar-refractivity contribution >= 4 is 29.7 Å². The summed E-state index contributed by atoms with van der Waals surface area (Å²) in [6.07, 6.45) is -0.952. The van der Waals surface area contributed by atoms with Crippen LogP contribution in [0.15, 0.2) is 24.3 Å². The molecule has 0 radical (unpaired) electrons. The summed E-state index contributed by atoms with van der Waals surface area (Å²) in [7, 11) is 0. The number of nitrogens with zero attached hydrogens (tertiary/aromatic N) is 1. The van der Waals surface area contributed by atoms with E-state index in [-0.39, 0.29) is 5.75 Å². The molecule has 124 valence electrons. The Balaban J connectivity index is 1.72. The van der Waals surface area contributed by atoms with Crippen LogP contribution < -0.4 is 5.32 Å². The van der Waals surface area contributed by atoms with Gasteiger partial charge in [0.2, 0.25) is 0 Å². The second-order valence-corrected chi connectivity index (χ2v) is 6.32. The number of urea groups is 1. The Morgan fingerprint density at radius 1 is 1.35 bits per heavy atom. The standard InChI is InChI=1S/C16H20N2O4S/c1-11-3-5-13(6-4-11)9-23-10-14(19)22-12(2)15(20)18-8-7-17-16(18)21/h3-6,12H,7-10H2,1-2H3,(H,17,21)/t12-/m1/s1. The molecule has 1 fully saturated rings. The lowest BCUT2D eigenvalue weighted by Gasteiger charge is -2.18. The number of nitrogens with one attached hydrogen (secondary N) is 1. The lowest BCUT2D eigenvalue weighted by atomic mass is 10.2. The molecule has 1 atom stereocenters. The highest BCUT2D eigenvalue weighted by atomic mass is 32.2. The smallest absolute Gasteiger partial charge is 0.324 e. The fraction of sp³-hybridized carbons (Fsp3) is 0.438. The number of hydrogen-bond donors (Lipinski definition) is 1. The third kappa shape index (κ3) is 4.99. The van der Waals surface area contributed by atoms with Crippen molar-refractivity contribution in [1.82, 2.24) is 10.2 Å². The van der Waals surface area contributed by atoms with Crippen molar-refractivity contribution in [3.8, 4) is 0 Å². The average Bonchev–Trinajstić information content (AvgIpc) is 2.94. The third-order valence-electron chi connectivity index (χ3n) is 3.39. The summed E-state index contributed by atoms with van der Waals surface area (Å²) in [6, 6.07) is 7.65. The first-order valence-corrected chi connectivity index (χ1v) is 8.55. The summed E-state index contributed by atoms with van der Waals surface area (Å²) in [5.74, 6) is -0.0799. The molecule has 7 heteroatoms. The zero-order valence-electron chi connectivity index (χ0n) is 13.2. The number of carbonyl (C=O) groups excluding carboxylic acids is 3. The van der Waals surface area contributed by atoms with Crippen molar-refractivity contribution in [2.45, 2.75) is 25.7 Å². The normalized spacial score (nSPS) is 15.2. The number of esters is 1. The number of amides is 3. The molecule has 1 N–H and O–H groups in total. The molecule has 2 rings (SSSR count). The lowest BCUT2D eigenvalue weighted by molar-refractivity contribution is -0.155. The largest absolute Gasteiger partial charge is 0.452 e. The first kappa shape index (κ1) is 17.3. The Morgan fingerprint density at radius 3 is 2.65 bits per heavy atom. The van der Waals surface area contributed by atoms with Crippen LogP contribution in [0, 0.1) is 6.92 Å². The van der Waals surface area contributed by atoms with E-state index in [0.717, 1.165) is 10.5 Å². The molecule has 6 nitrogen and oxygen atoms in total. The molecule has 0 unspecified atom stereocenters. The van der Waals surface area contributed by atoms with Crippen LogP contribution >= 0.6 is 11.8 Å². The van der Waals surface area contributed by atoms with Gasteiger partial charge in [-0.15, -0.1) is 11.8 Å². The first-order chi connectivity index (χ1) is 11.0. The molecule has 0 aliphatic carbocycles. The number of rotatable bonds is 6. The van der Waals surface area contributed by atoms with Gasteiger partial charge in [0.1, 0.15) is 0 Å². The van der Waals surface area contributed by atoms with Crippen molar-refractivity contribution in [2.75, 3.05) is 18.8 Å². The first-order valence-electron chi connectivity index (χ1n) is 7.39. The van der Waals surface area contributed by atoms with Crippen molar-refractivity contribution in [1.29, 1.82) is 0 Å². The predicted molar refractivity (Wildman–Crippen MR) is 88.0 cm³/mol. The van der Waals surface area contributed by atoms with E-state index >= 15 is 0 Å². The van der Waals surface area contributed by atoms with Crippen molar-refractivity contribution < 1.29 is 19.1 Å². The Kier molecular flexibility index (Phi) is 6.04. The summed E-state index contributed by atoms with van der Waals surface area (Å²) < 4.78 is 5.10. The van der Waals surface area contributed by atoms with Gasteiger partial charge < -0.3 is 10.1 Å². The van der Waals surface area contributed by atoms with Crippen LogP contribution in [0.25, 0.3) is 0 Å². The van der Waals surface area contributed by atoms with Crippen LogP contribution in [0.5, 0.6) is 0 Å².